The van der Waals surface area contributed by atoms with Gasteiger partial charge in [0.25, 0.3) is 0 Å². The summed E-state index contributed by atoms with van der Waals surface area (Å²) in [6.45, 7) is 3.87. The number of benzene rings is 6. The summed E-state index contributed by atoms with van der Waals surface area (Å²) in [6.07, 6.45) is -1.20. The molecule has 0 spiro atoms. The van der Waals surface area contributed by atoms with Gasteiger partial charge in [0.15, 0.2) is 11.5 Å². The number of para-hydroxylation sites is 4. The third-order valence-electron chi connectivity index (χ3n) is 7.50. The average Bonchev–Trinajstić information content (AvgIpc) is 3.12. The molecule has 0 saturated carbocycles. The Hall–Kier alpha value is -4.86. The van der Waals surface area contributed by atoms with E-state index in [0.717, 1.165) is 20.9 Å². The highest BCUT2D eigenvalue weighted by Crippen LogP contribution is 2.45. The summed E-state index contributed by atoms with van der Waals surface area (Å²) in [5.41, 5.74) is 4.42. The van der Waals surface area contributed by atoms with Crippen LogP contribution in [-0.4, -0.2) is 12.2 Å². The van der Waals surface area contributed by atoms with Crippen LogP contribution in [0.1, 0.15) is 11.1 Å². The van der Waals surface area contributed by atoms with Gasteiger partial charge in [-0.1, -0.05) is 118 Å². The highest BCUT2D eigenvalue weighted by atomic mass is 35.5. The van der Waals surface area contributed by atoms with Gasteiger partial charge in [-0.05, 0) is 97.8 Å². The molecule has 0 aliphatic rings. The summed E-state index contributed by atoms with van der Waals surface area (Å²) in [6, 6.07) is 44.2. The van der Waals surface area contributed by atoms with Crippen molar-refractivity contribution in [1.29, 1.82) is 0 Å². The van der Waals surface area contributed by atoms with Crippen LogP contribution in [0.3, 0.4) is 0 Å². The summed E-state index contributed by atoms with van der Waals surface area (Å²) in [4.78, 5) is 32.0. The lowest BCUT2D eigenvalue weighted by Crippen LogP contribution is -2.29. The quantitative estimate of drug-likeness (QED) is 0.138. The third kappa shape index (κ3) is 8.29. The monoisotopic (exact) mass is 736 g/mol. The Bertz CT molecular complexity index is 1870. The topological polar surface area (TPSA) is 59.1 Å². The van der Waals surface area contributed by atoms with Crippen molar-refractivity contribution in [2.45, 2.75) is 23.6 Å². The molecule has 0 atom stereocenters. The van der Waals surface area contributed by atoms with E-state index in [0.29, 0.717) is 32.8 Å². The van der Waals surface area contributed by atoms with Gasteiger partial charge in [0.1, 0.15) is 0 Å². The van der Waals surface area contributed by atoms with Crippen LogP contribution >= 0.6 is 44.8 Å². The second-order valence-electron chi connectivity index (χ2n) is 11.0. The zero-order chi connectivity index (χ0) is 35.0. The molecule has 0 bridgehead atoms. The van der Waals surface area contributed by atoms with Gasteiger partial charge in [-0.15, -0.1) is 0 Å². The van der Waals surface area contributed by atoms with E-state index in [1.807, 2.05) is 135 Å². The predicted octanol–water partition coefficient (Wildman–Crippen LogP) is 13.1. The molecule has 0 aliphatic carbocycles. The zero-order valence-electron chi connectivity index (χ0n) is 27.0. The molecule has 6 rings (SSSR count). The Morgan fingerprint density at radius 3 is 1.04 bits per heavy atom. The number of nitrogens with zero attached hydrogens (tertiary/aromatic N) is 2. The lowest BCUT2D eigenvalue weighted by Gasteiger charge is -2.23. The summed E-state index contributed by atoms with van der Waals surface area (Å²) in [5, 5.41) is 0.620. The van der Waals surface area contributed by atoms with Crippen molar-refractivity contribution in [3.8, 4) is 11.5 Å². The van der Waals surface area contributed by atoms with Crippen LogP contribution in [0.2, 0.25) is 10.0 Å². The number of amides is 2. The van der Waals surface area contributed by atoms with Gasteiger partial charge in [0, 0.05) is 9.79 Å². The molecule has 2 amide bonds. The van der Waals surface area contributed by atoms with Crippen molar-refractivity contribution in [3.05, 3.63) is 167 Å². The highest BCUT2D eigenvalue weighted by Gasteiger charge is 2.24. The average molecular weight is 738 g/mol. The first-order chi connectivity index (χ1) is 24.3. The van der Waals surface area contributed by atoms with Crippen molar-refractivity contribution in [2.75, 3.05) is 9.80 Å². The molecule has 0 radical (unpaired) electrons. The van der Waals surface area contributed by atoms with E-state index in [4.69, 9.17) is 32.7 Å². The molecule has 0 saturated heterocycles. The number of rotatable bonds is 9. The fourth-order valence-corrected chi connectivity index (χ4v) is 8.00. The summed E-state index contributed by atoms with van der Waals surface area (Å²) in [7, 11) is 2.92. The van der Waals surface area contributed by atoms with Gasteiger partial charge in [-0.3, -0.25) is 0 Å². The van der Waals surface area contributed by atoms with Crippen LogP contribution in [-0.2, 0) is 0 Å². The van der Waals surface area contributed by atoms with Crippen LogP contribution in [0.5, 0.6) is 11.5 Å². The van der Waals surface area contributed by atoms with Gasteiger partial charge in [-0.25, -0.2) is 19.4 Å². The molecule has 6 aromatic carbocycles. The fourth-order valence-electron chi connectivity index (χ4n) is 5.00. The first-order valence-corrected chi connectivity index (χ1v) is 18.4. The van der Waals surface area contributed by atoms with E-state index in [1.165, 1.54) is 31.4 Å². The number of anilines is 4. The lowest BCUT2D eigenvalue weighted by atomic mass is 10.2. The smallest absolute Gasteiger partial charge is 0.408 e. The van der Waals surface area contributed by atoms with Crippen molar-refractivity contribution in [3.63, 3.8) is 0 Å². The number of carbonyl (C=O) groups excluding carboxylic acids is 2. The van der Waals surface area contributed by atoms with Gasteiger partial charge in [-0.2, -0.15) is 0 Å². The highest BCUT2D eigenvalue weighted by molar-refractivity contribution is 8.76. The van der Waals surface area contributed by atoms with Crippen LogP contribution in [0, 0.1) is 13.8 Å². The van der Waals surface area contributed by atoms with E-state index in [2.05, 4.69) is 0 Å². The molecule has 0 aromatic heterocycles. The minimum atomic E-state index is -0.600. The molecule has 0 fully saturated rings. The van der Waals surface area contributed by atoms with E-state index >= 15 is 0 Å². The maximum absolute atomic E-state index is 13.6. The number of ether oxygens (including phenoxy) is 2. The number of hydrogen-bond acceptors (Lipinski definition) is 6. The second-order valence-corrected chi connectivity index (χ2v) is 14.0. The molecule has 0 heterocycles. The van der Waals surface area contributed by atoms with Crippen LogP contribution in [0.4, 0.5) is 32.3 Å². The number of hydrogen-bond donors (Lipinski definition) is 0. The Morgan fingerprint density at radius 1 is 0.480 bits per heavy atom. The minimum Gasteiger partial charge on any atom is -0.408 e. The largest absolute Gasteiger partial charge is 0.424 e. The molecule has 6 nitrogen and oxygen atoms in total. The molecule has 0 aliphatic heterocycles. The fraction of sp³-hybridized carbons (Fsp3) is 0.0500. The van der Waals surface area contributed by atoms with Crippen LogP contribution < -0.4 is 19.3 Å². The van der Waals surface area contributed by atoms with Gasteiger partial charge in [0.05, 0.1) is 32.8 Å². The van der Waals surface area contributed by atoms with Gasteiger partial charge < -0.3 is 9.47 Å². The Morgan fingerprint density at radius 2 is 0.760 bits per heavy atom. The third-order valence-corrected chi connectivity index (χ3v) is 10.7. The summed E-state index contributed by atoms with van der Waals surface area (Å²) < 4.78 is 11.8. The van der Waals surface area contributed by atoms with Gasteiger partial charge in [0.2, 0.25) is 0 Å². The number of carbonyl (C=O) groups is 2. The zero-order valence-corrected chi connectivity index (χ0v) is 30.1. The Kier molecular flexibility index (Phi) is 11.4. The van der Waals surface area contributed by atoms with Crippen molar-refractivity contribution < 1.29 is 19.1 Å². The summed E-state index contributed by atoms with van der Waals surface area (Å²) in [5.74, 6) is 0.457. The summed E-state index contributed by atoms with van der Waals surface area (Å²) >= 11 is 13.2. The van der Waals surface area contributed by atoms with Crippen molar-refractivity contribution >= 4 is 79.7 Å². The SMILES string of the molecule is Cc1cc(Cl)c(OC(=O)N(c2ccccc2)c2ccccc2)cc1SSc1cc(OC(=O)N(c2ccccc2)c2ccccc2)c(Cl)cc1C. The molecule has 0 N–H and O–H groups in total. The number of halogens is 2. The Labute approximate surface area is 308 Å². The molecule has 10 heteroatoms. The van der Waals surface area contributed by atoms with Crippen LogP contribution in [0.15, 0.2) is 155 Å². The van der Waals surface area contributed by atoms with Gasteiger partial charge >= 0.3 is 12.2 Å². The standard InChI is InChI=1S/C40H30Cl2N2O4S2/c1-27-23-33(41)35(47-39(45)43(29-15-7-3-8-16-29)30-17-9-4-10-18-30)25-37(27)49-50-38-26-36(34(42)24-28(38)2)48-40(46)44(31-19-11-5-12-20-31)32-21-13-6-14-22-32/h3-26H,1-2H3. The molecule has 250 valence electrons. The Balaban J connectivity index is 1.22. The minimum absolute atomic E-state index is 0.228. The second kappa shape index (κ2) is 16.2. The molecular formula is C40H30Cl2N2O4S2. The van der Waals surface area contributed by atoms with Crippen molar-refractivity contribution in [2.24, 2.45) is 0 Å². The first-order valence-electron chi connectivity index (χ1n) is 15.5. The molecule has 0 unspecified atom stereocenters. The van der Waals surface area contributed by atoms with E-state index < -0.39 is 12.2 Å². The van der Waals surface area contributed by atoms with E-state index in [-0.39, 0.29) is 11.5 Å². The predicted molar refractivity (Wildman–Crippen MR) is 206 cm³/mol. The number of aryl methyl sites for hydroxylation is 2. The maximum atomic E-state index is 13.6. The molecular weight excluding hydrogens is 707 g/mol. The van der Waals surface area contributed by atoms with Crippen molar-refractivity contribution in [1.82, 2.24) is 0 Å². The van der Waals surface area contributed by atoms with Crippen LogP contribution in [0.25, 0.3) is 0 Å². The molecule has 50 heavy (non-hydrogen) atoms. The molecule has 6 aromatic rings. The first kappa shape index (κ1) is 35.0. The van der Waals surface area contributed by atoms with E-state index in [1.54, 1.807) is 24.3 Å². The van der Waals surface area contributed by atoms with E-state index in [9.17, 15) is 9.59 Å². The lowest BCUT2D eigenvalue weighted by molar-refractivity contribution is 0.209. The normalized spacial score (nSPS) is 10.7. The maximum Gasteiger partial charge on any atom is 0.424 e.